The van der Waals surface area contributed by atoms with Crippen LogP contribution in [0.3, 0.4) is 0 Å². The minimum atomic E-state index is -0.0861. The lowest BCUT2D eigenvalue weighted by molar-refractivity contribution is -0.118. The number of hydrogen-bond acceptors (Lipinski definition) is 3. The van der Waals surface area contributed by atoms with Crippen molar-refractivity contribution < 1.29 is 9.59 Å². The first kappa shape index (κ1) is 23.9. The summed E-state index contributed by atoms with van der Waals surface area (Å²) in [5.41, 5.74) is 7.18. The van der Waals surface area contributed by atoms with Gasteiger partial charge in [0, 0.05) is 30.8 Å². The molecule has 6 heteroatoms. The first-order valence-electron chi connectivity index (χ1n) is 9.64. The Balaban J connectivity index is 0.00000392. The maximum atomic E-state index is 12.5. The fourth-order valence-corrected chi connectivity index (χ4v) is 3.73. The van der Waals surface area contributed by atoms with Crippen LogP contribution in [0.2, 0.25) is 0 Å². The van der Waals surface area contributed by atoms with Crippen molar-refractivity contribution >= 4 is 29.9 Å². The quantitative estimate of drug-likeness (QED) is 0.605. The Morgan fingerprint density at radius 1 is 1.07 bits per heavy atom. The average molecular weight is 406 g/mol. The molecule has 1 saturated carbocycles. The molecule has 1 aliphatic carbocycles. The predicted molar refractivity (Wildman–Crippen MR) is 118 cm³/mol. The molecule has 2 rings (SSSR count). The highest BCUT2D eigenvalue weighted by Crippen LogP contribution is 2.38. The third-order valence-electron chi connectivity index (χ3n) is 5.28. The molecule has 0 aromatic heterocycles. The third-order valence-corrected chi connectivity index (χ3v) is 5.28. The molecular formula is C22H32ClN3O2. The van der Waals surface area contributed by atoms with Gasteiger partial charge in [-0.2, -0.15) is 0 Å². The van der Waals surface area contributed by atoms with Gasteiger partial charge in [-0.15, -0.1) is 25.6 Å². The number of amides is 2. The number of halogens is 1. The molecule has 1 fully saturated rings. The highest BCUT2D eigenvalue weighted by molar-refractivity contribution is 5.96. The molecule has 5 nitrogen and oxygen atoms in total. The topological polar surface area (TPSA) is 75.4 Å². The molecule has 1 aliphatic rings. The molecule has 2 amide bonds. The van der Waals surface area contributed by atoms with E-state index in [-0.39, 0.29) is 29.6 Å². The van der Waals surface area contributed by atoms with Crippen LogP contribution in [0, 0.1) is 5.41 Å². The maximum absolute atomic E-state index is 12.5. The number of carbonyl (C=O) groups is 2. The van der Waals surface area contributed by atoms with Crippen LogP contribution in [0.1, 0.15) is 48.9 Å². The summed E-state index contributed by atoms with van der Waals surface area (Å²) in [5.74, 6) is -0.0988. The van der Waals surface area contributed by atoms with Crippen LogP contribution in [-0.4, -0.2) is 36.3 Å². The smallest absolute Gasteiger partial charge is 0.254 e. The molecule has 0 atom stereocenters. The van der Waals surface area contributed by atoms with E-state index < -0.39 is 0 Å². The second kappa shape index (κ2) is 11.7. The van der Waals surface area contributed by atoms with Gasteiger partial charge in [0.15, 0.2) is 0 Å². The van der Waals surface area contributed by atoms with Gasteiger partial charge in [0.05, 0.1) is 0 Å². The number of nitrogens with two attached hydrogens (primary N) is 1. The number of nitrogens with zero attached hydrogens (tertiary/aromatic N) is 1. The largest absolute Gasteiger partial charge is 0.331 e. The van der Waals surface area contributed by atoms with Crippen molar-refractivity contribution in [2.24, 2.45) is 11.1 Å². The summed E-state index contributed by atoms with van der Waals surface area (Å²) in [6.07, 6.45) is 9.40. The Morgan fingerprint density at radius 3 is 2.14 bits per heavy atom. The SMILES string of the molecule is C=CCN(CC=C)C(=O)c1ccc(NC(=O)CC2(CN)CCCCC2)cc1.Cl. The lowest BCUT2D eigenvalue weighted by Crippen LogP contribution is -2.36. The molecule has 0 spiro atoms. The van der Waals surface area contributed by atoms with Crippen LogP contribution in [-0.2, 0) is 4.79 Å². The zero-order valence-corrected chi connectivity index (χ0v) is 17.3. The fraction of sp³-hybridized carbons (Fsp3) is 0.455. The van der Waals surface area contributed by atoms with Crippen molar-refractivity contribution in [3.8, 4) is 0 Å². The van der Waals surface area contributed by atoms with E-state index in [1.165, 1.54) is 6.42 Å². The number of benzene rings is 1. The van der Waals surface area contributed by atoms with E-state index >= 15 is 0 Å². The molecule has 0 saturated heterocycles. The monoisotopic (exact) mass is 405 g/mol. The van der Waals surface area contributed by atoms with E-state index in [1.807, 2.05) is 0 Å². The summed E-state index contributed by atoms with van der Waals surface area (Å²) in [5, 5.41) is 2.94. The van der Waals surface area contributed by atoms with Crippen LogP contribution < -0.4 is 11.1 Å². The molecule has 0 bridgehead atoms. The lowest BCUT2D eigenvalue weighted by atomic mass is 9.71. The summed E-state index contributed by atoms with van der Waals surface area (Å²) in [4.78, 5) is 26.7. The zero-order chi connectivity index (χ0) is 19.7. The summed E-state index contributed by atoms with van der Waals surface area (Å²) >= 11 is 0. The van der Waals surface area contributed by atoms with E-state index in [2.05, 4.69) is 18.5 Å². The van der Waals surface area contributed by atoms with Gasteiger partial charge in [-0.3, -0.25) is 9.59 Å². The van der Waals surface area contributed by atoms with E-state index in [0.717, 1.165) is 25.7 Å². The van der Waals surface area contributed by atoms with E-state index in [4.69, 9.17) is 5.73 Å². The molecule has 28 heavy (non-hydrogen) atoms. The molecule has 3 N–H and O–H groups in total. The molecule has 0 radical (unpaired) electrons. The van der Waals surface area contributed by atoms with Gasteiger partial charge < -0.3 is 16.0 Å². The Labute approximate surface area is 174 Å². The zero-order valence-electron chi connectivity index (χ0n) is 16.5. The Hall–Kier alpha value is -2.11. The number of rotatable bonds is 9. The summed E-state index contributed by atoms with van der Waals surface area (Å²) in [7, 11) is 0. The van der Waals surface area contributed by atoms with Crippen molar-refractivity contribution in [2.75, 3.05) is 25.0 Å². The van der Waals surface area contributed by atoms with Crippen molar-refractivity contribution in [3.05, 3.63) is 55.1 Å². The number of anilines is 1. The number of hydrogen-bond donors (Lipinski definition) is 2. The number of carbonyl (C=O) groups excluding carboxylic acids is 2. The average Bonchev–Trinajstić information content (AvgIpc) is 2.68. The molecular weight excluding hydrogens is 374 g/mol. The Morgan fingerprint density at radius 2 is 1.64 bits per heavy atom. The van der Waals surface area contributed by atoms with Gasteiger partial charge in [-0.25, -0.2) is 0 Å². The van der Waals surface area contributed by atoms with Gasteiger partial charge in [0.25, 0.3) is 5.91 Å². The summed E-state index contributed by atoms with van der Waals surface area (Å²) in [6, 6.07) is 7.00. The van der Waals surface area contributed by atoms with Crippen LogP contribution in [0.4, 0.5) is 5.69 Å². The highest BCUT2D eigenvalue weighted by Gasteiger charge is 2.32. The number of nitrogens with one attached hydrogen (secondary N) is 1. The van der Waals surface area contributed by atoms with Gasteiger partial charge in [0.2, 0.25) is 5.91 Å². The second-order valence-corrected chi connectivity index (χ2v) is 7.35. The molecule has 154 valence electrons. The highest BCUT2D eigenvalue weighted by atomic mass is 35.5. The first-order chi connectivity index (χ1) is 13.0. The third kappa shape index (κ3) is 6.50. The minimum Gasteiger partial charge on any atom is -0.331 e. The van der Waals surface area contributed by atoms with Crippen molar-refractivity contribution in [1.29, 1.82) is 0 Å². The normalized spacial score (nSPS) is 15.0. The molecule has 1 aromatic carbocycles. The fourth-order valence-electron chi connectivity index (χ4n) is 3.73. The van der Waals surface area contributed by atoms with Gasteiger partial charge in [-0.1, -0.05) is 31.4 Å². The molecule has 0 aliphatic heterocycles. The van der Waals surface area contributed by atoms with Crippen molar-refractivity contribution in [1.82, 2.24) is 4.90 Å². The molecule has 0 unspecified atom stereocenters. The van der Waals surface area contributed by atoms with Gasteiger partial charge in [-0.05, 0) is 49.1 Å². The second-order valence-electron chi connectivity index (χ2n) is 7.35. The van der Waals surface area contributed by atoms with Gasteiger partial charge >= 0.3 is 0 Å². The maximum Gasteiger partial charge on any atom is 0.254 e. The standard InChI is InChI=1S/C22H31N3O2.ClH/c1-3-14-25(15-4-2)21(27)18-8-10-19(11-9-18)24-20(26)16-22(17-23)12-6-5-7-13-22;/h3-4,8-11H,1-2,5-7,12-17,23H2,(H,24,26);1H. The van der Waals surface area contributed by atoms with Crippen LogP contribution >= 0.6 is 12.4 Å². The van der Waals surface area contributed by atoms with Crippen LogP contribution in [0.5, 0.6) is 0 Å². The molecule has 0 heterocycles. The van der Waals surface area contributed by atoms with Crippen molar-refractivity contribution in [2.45, 2.75) is 38.5 Å². The van der Waals surface area contributed by atoms with Crippen LogP contribution in [0.15, 0.2) is 49.6 Å². The first-order valence-corrected chi connectivity index (χ1v) is 9.64. The Kier molecular flexibility index (Phi) is 9.97. The van der Waals surface area contributed by atoms with E-state index in [0.29, 0.717) is 37.3 Å². The minimum absolute atomic E-state index is 0. The summed E-state index contributed by atoms with van der Waals surface area (Å²) in [6.45, 7) is 8.84. The van der Waals surface area contributed by atoms with E-state index in [9.17, 15) is 9.59 Å². The van der Waals surface area contributed by atoms with E-state index in [1.54, 1.807) is 41.3 Å². The summed E-state index contributed by atoms with van der Waals surface area (Å²) < 4.78 is 0. The molecule has 1 aromatic rings. The Bertz CT molecular complexity index is 657. The van der Waals surface area contributed by atoms with Gasteiger partial charge in [0.1, 0.15) is 0 Å². The lowest BCUT2D eigenvalue weighted by Gasteiger charge is -2.35. The predicted octanol–water partition coefficient (Wildman–Crippen LogP) is 4.16. The van der Waals surface area contributed by atoms with Crippen molar-refractivity contribution in [3.63, 3.8) is 0 Å². The van der Waals surface area contributed by atoms with Crippen LogP contribution in [0.25, 0.3) is 0 Å².